The Labute approximate surface area is 202 Å². The second kappa shape index (κ2) is 10.7. The number of nitrogens with one attached hydrogen (secondary N) is 2. The van der Waals surface area contributed by atoms with Crippen LogP contribution in [0.5, 0.6) is 5.75 Å². The van der Waals surface area contributed by atoms with Gasteiger partial charge in [0.25, 0.3) is 5.91 Å². The van der Waals surface area contributed by atoms with Gasteiger partial charge in [0.2, 0.25) is 0 Å². The first kappa shape index (κ1) is 25.9. The predicted molar refractivity (Wildman–Crippen MR) is 125 cm³/mol. The molecule has 1 saturated carbocycles. The molecule has 1 aliphatic carbocycles. The summed E-state index contributed by atoms with van der Waals surface area (Å²) in [5, 5.41) is 4.48. The molecule has 1 fully saturated rings. The second-order valence-corrected chi connectivity index (χ2v) is 9.49. The summed E-state index contributed by atoms with van der Waals surface area (Å²) in [6, 6.07) is 8.47. The molecule has 9 heteroatoms. The van der Waals surface area contributed by atoms with E-state index in [0.29, 0.717) is 12.3 Å². The SMILES string of the molecule is CC1CCC(C(C)C)C(Oc2ccc(NC(=O)NC(=O)c3ccccc3Cl)cc2C(F)(F)F)C1. The Hall–Kier alpha value is -2.74. The molecule has 0 radical (unpaired) electrons. The van der Waals surface area contributed by atoms with Gasteiger partial charge in [0, 0.05) is 5.69 Å². The van der Waals surface area contributed by atoms with Gasteiger partial charge in [-0.15, -0.1) is 0 Å². The van der Waals surface area contributed by atoms with E-state index in [1.807, 2.05) is 0 Å². The maximum atomic E-state index is 13.9. The van der Waals surface area contributed by atoms with Crippen molar-refractivity contribution in [3.05, 3.63) is 58.6 Å². The molecule has 3 atom stereocenters. The molecule has 0 bridgehead atoms. The van der Waals surface area contributed by atoms with E-state index in [1.165, 1.54) is 24.3 Å². The third-order valence-corrected chi connectivity index (χ3v) is 6.46. The van der Waals surface area contributed by atoms with Crippen molar-refractivity contribution in [2.45, 2.75) is 52.3 Å². The van der Waals surface area contributed by atoms with E-state index in [-0.39, 0.29) is 40.0 Å². The van der Waals surface area contributed by atoms with Crippen LogP contribution >= 0.6 is 11.6 Å². The summed E-state index contributed by atoms with van der Waals surface area (Å²) in [7, 11) is 0. The van der Waals surface area contributed by atoms with E-state index in [4.69, 9.17) is 16.3 Å². The lowest BCUT2D eigenvalue weighted by atomic mass is 9.75. The highest BCUT2D eigenvalue weighted by Gasteiger charge is 2.38. The average molecular weight is 497 g/mol. The van der Waals surface area contributed by atoms with Crippen LogP contribution in [0.3, 0.4) is 0 Å². The fraction of sp³-hybridized carbons (Fsp3) is 0.440. The molecule has 0 aromatic heterocycles. The Morgan fingerprint density at radius 3 is 2.47 bits per heavy atom. The van der Waals surface area contributed by atoms with Crippen LogP contribution < -0.4 is 15.4 Å². The number of hydrogen-bond donors (Lipinski definition) is 2. The Morgan fingerprint density at radius 2 is 1.82 bits per heavy atom. The molecule has 3 amide bonds. The molecule has 0 heterocycles. The van der Waals surface area contributed by atoms with Crippen molar-refractivity contribution in [2.75, 3.05) is 5.32 Å². The first-order valence-electron chi connectivity index (χ1n) is 11.2. The molecule has 184 valence electrons. The summed E-state index contributed by atoms with van der Waals surface area (Å²) in [6.07, 6.45) is -2.39. The van der Waals surface area contributed by atoms with Crippen LogP contribution in [-0.2, 0) is 6.18 Å². The predicted octanol–water partition coefficient (Wildman–Crippen LogP) is 7.16. The summed E-state index contributed by atoms with van der Waals surface area (Å²) in [6.45, 7) is 6.18. The highest BCUT2D eigenvalue weighted by atomic mass is 35.5. The number of benzene rings is 2. The maximum Gasteiger partial charge on any atom is 0.420 e. The quantitative estimate of drug-likeness (QED) is 0.461. The van der Waals surface area contributed by atoms with Crippen LogP contribution in [0.25, 0.3) is 0 Å². The zero-order chi connectivity index (χ0) is 25.0. The van der Waals surface area contributed by atoms with E-state index in [2.05, 4.69) is 31.4 Å². The molecule has 2 aromatic carbocycles. The zero-order valence-electron chi connectivity index (χ0n) is 19.2. The van der Waals surface area contributed by atoms with E-state index in [0.717, 1.165) is 18.9 Å². The third kappa shape index (κ3) is 6.44. The van der Waals surface area contributed by atoms with Crippen molar-refractivity contribution < 1.29 is 27.5 Å². The number of carbonyl (C=O) groups excluding carboxylic acids is 2. The fourth-order valence-corrected chi connectivity index (χ4v) is 4.55. The van der Waals surface area contributed by atoms with Gasteiger partial charge in [-0.25, -0.2) is 4.79 Å². The molecule has 2 N–H and O–H groups in total. The van der Waals surface area contributed by atoms with Crippen molar-refractivity contribution in [2.24, 2.45) is 17.8 Å². The first-order valence-corrected chi connectivity index (χ1v) is 11.6. The topological polar surface area (TPSA) is 67.4 Å². The van der Waals surface area contributed by atoms with E-state index < -0.39 is 23.7 Å². The normalized spacial score (nSPS) is 20.6. The smallest absolute Gasteiger partial charge is 0.420 e. The van der Waals surface area contributed by atoms with Gasteiger partial charge in [-0.2, -0.15) is 13.2 Å². The molecule has 0 saturated heterocycles. The second-order valence-electron chi connectivity index (χ2n) is 9.08. The number of urea groups is 1. The van der Waals surface area contributed by atoms with Crippen LogP contribution in [0.4, 0.5) is 23.7 Å². The Balaban J connectivity index is 1.77. The molecule has 0 spiro atoms. The molecule has 2 aromatic rings. The van der Waals surface area contributed by atoms with Crippen LogP contribution in [0.2, 0.25) is 5.02 Å². The van der Waals surface area contributed by atoms with Gasteiger partial charge in [-0.3, -0.25) is 10.1 Å². The lowest BCUT2D eigenvalue weighted by Gasteiger charge is -2.37. The summed E-state index contributed by atoms with van der Waals surface area (Å²) in [5.74, 6) is -0.223. The summed E-state index contributed by atoms with van der Waals surface area (Å²) in [4.78, 5) is 24.4. The number of imide groups is 1. The number of hydrogen-bond acceptors (Lipinski definition) is 3. The largest absolute Gasteiger partial charge is 0.489 e. The monoisotopic (exact) mass is 496 g/mol. The minimum Gasteiger partial charge on any atom is -0.489 e. The van der Waals surface area contributed by atoms with Gasteiger partial charge >= 0.3 is 12.2 Å². The van der Waals surface area contributed by atoms with Gasteiger partial charge in [-0.05, 0) is 60.9 Å². The Morgan fingerprint density at radius 1 is 1.12 bits per heavy atom. The van der Waals surface area contributed by atoms with Gasteiger partial charge in [-0.1, -0.05) is 50.9 Å². The van der Waals surface area contributed by atoms with Crippen molar-refractivity contribution in [3.8, 4) is 5.75 Å². The van der Waals surface area contributed by atoms with Crippen LogP contribution in [0.15, 0.2) is 42.5 Å². The number of halogens is 4. The number of alkyl halides is 3. The highest BCUT2D eigenvalue weighted by molar-refractivity contribution is 6.34. The van der Waals surface area contributed by atoms with Crippen molar-refractivity contribution in [1.82, 2.24) is 5.32 Å². The van der Waals surface area contributed by atoms with Gasteiger partial charge in [0.1, 0.15) is 11.9 Å². The Kier molecular flexibility index (Phi) is 8.13. The lowest BCUT2D eigenvalue weighted by Crippen LogP contribution is -2.37. The minimum absolute atomic E-state index is 0.0699. The maximum absolute atomic E-state index is 13.9. The number of rotatable bonds is 5. The molecule has 1 aliphatic rings. The van der Waals surface area contributed by atoms with Crippen molar-refractivity contribution >= 4 is 29.2 Å². The molecule has 3 unspecified atom stereocenters. The van der Waals surface area contributed by atoms with E-state index in [1.54, 1.807) is 12.1 Å². The van der Waals surface area contributed by atoms with E-state index >= 15 is 0 Å². The van der Waals surface area contributed by atoms with Crippen molar-refractivity contribution in [1.29, 1.82) is 0 Å². The zero-order valence-corrected chi connectivity index (χ0v) is 20.0. The number of carbonyl (C=O) groups is 2. The number of anilines is 1. The summed E-state index contributed by atoms with van der Waals surface area (Å²) >= 11 is 5.94. The average Bonchev–Trinajstić information content (AvgIpc) is 2.74. The van der Waals surface area contributed by atoms with Gasteiger partial charge < -0.3 is 10.1 Å². The fourth-order valence-electron chi connectivity index (χ4n) is 4.32. The minimum atomic E-state index is -4.69. The molecular weight excluding hydrogens is 469 g/mol. The van der Waals surface area contributed by atoms with Crippen LogP contribution in [-0.4, -0.2) is 18.0 Å². The Bertz CT molecular complexity index is 1040. The van der Waals surface area contributed by atoms with Gasteiger partial charge in [0.15, 0.2) is 0 Å². The third-order valence-electron chi connectivity index (χ3n) is 6.13. The molecule has 0 aliphatic heterocycles. The lowest BCUT2D eigenvalue weighted by molar-refractivity contribution is -0.139. The molecule has 5 nitrogen and oxygen atoms in total. The summed E-state index contributed by atoms with van der Waals surface area (Å²) in [5.41, 5.74) is -1.04. The molecular formula is C25H28ClF3N2O3. The number of ether oxygens (including phenoxy) is 1. The van der Waals surface area contributed by atoms with Gasteiger partial charge in [0.05, 0.1) is 16.1 Å². The van der Waals surface area contributed by atoms with Crippen LogP contribution in [0, 0.1) is 17.8 Å². The number of amides is 3. The molecule has 3 rings (SSSR count). The van der Waals surface area contributed by atoms with Crippen molar-refractivity contribution in [3.63, 3.8) is 0 Å². The van der Waals surface area contributed by atoms with Crippen LogP contribution in [0.1, 0.15) is 56.0 Å². The first-order chi connectivity index (χ1) is 16.0. The summed E-state index contributed by atoms with van der Waals surface area (Å²) < 4.78 is 47.5. The highest BCUT2D eigenvalue weighted by Crippen LogP contribution is 2.41. The van der Waals surface area contributed by atoms with E-state index in [9.17, 15) is 22.8 Å². The molecule has 34 heavy (non-hydrogen) atoms. The standard InChI is InChI=1S/C25H28ClF3N2O3/c1-14(2)17-10-8-15(3)12-22(17)34-21-11-9-16(13-19(21)25(27,28)29)30-24(33)31-23(32)18-6-4-5-7-20(18)26/h4-7,9,11,13-15,17,22H,8,10,12H2,1-3H3,(H2,30,31,32,33).